The van der Waals surface area contributed by atoms with Gasteiger partial charge in [-0.2, -0.15) is 0 Å². The lowest BCUT2D eigenvalue weighted by atomic mass is 10.1. The number of nitrogens with zero attached hydrogens (tertiary/aromatic N) is 1. The first-order chi connectivity index (χ1) is 10.2. The highest BCUT2D eigenvalue weighted by Gasteiger charge is 2.22. The monoisotopic (exact) mass is 281 g/mol. The summed E-state index contributed by atoms with van der Waals surface area (Å²) < 4.78 is 0. The highest BCUT2D eigenvalue weighted by atomic mass is 16.1. The van der Waals surface area contributed by atoms with Gasteiger partial charge in [0.15, 0.2) is 0 Å². The van der Waals surface area contributed by atoms with Crippen molar-refractivity contribution in [3.8, 4) is 0 Å². The summed E-state index contributed by atoms with van der Waals surface area (Å²) in [6.45, 7) is 2.01. The molecule has 2 N–H and O–H groups in total. The number of hydrogen-bond donors (Lipinski definition) is 2. The predicted molar refractivity (Wildman–Crippen MR) is 83.6 cm³/mol. The number of amides is 1. The molecular weight excluding hydrogens is 262 g/mol. The van der Waals surface area contributed by atoms with Crippen molar-refractivity contribution >= 4 is 17.4 Å². The maximum atomic E-state index is 11.7. The molecule has 0 atom stereocenters. The smallest absolute Gasteiger partial charge is 0.224 e. The average Bonchev–Trinajstić information content (AvgIpc) is 3.27. The Morgan fingerprint density at radius 1 is 1.19 bits per heavy atom. The molecule has 0 unspecified atom stereocenters. The van der Waals surface area contributed by atoms with Crippen LogP contribution in [-0.2, 0) is 11.2 Å². The molecule has 1 aliphatic rings. The van der Waals surface area contributed by atoms with Gasteiger partial charge < -0.3 is 10.6 Å². The number of hydrogen-bond acceptors (Lipinski definition) is 3. The van der Waals surface area contributed by atoms with E-state index in [0.717, 1.165) is 35.5 Å². The number of benzene rings is 1. The Kier molecular flexibility index (Phi) is 3.86. The van der Waals surface area contributed by atoms with Gasteiger partial charge in [-0.05, 0) is 49.1 Å². The molecule has 1 saturated carbocycles. The standard InChI is InChI=1S/C17H19N3O/c1-12-2-9-16(18-11-12)19-14-5-3-13(4-6-14)10-17(21)20-15-7-8-15/h2-6,9,11,15H,7-8,10H2,1H3,(H,18,19)(H,20,21). The van der Waals surface area contributed by atoms with Crippen LogP contribution >= 0.6 is 0 Å². The van der Waals surface area contributed by atoms with Crippen molar-refractivity contribution in [1.29, 1.82) is 0 Å². The van der Waals surface area contributed by atoms with E-state index in [-0.39, 0.29) is 5.91 Å². The van der Waals surface area contributed by atoms with Gasteiger partial charge in [-0.25, -0.2) is 4.98 Å². The lowest BCUT2D eigenvalue weighted by molar-refractivity contribution is -0.120. The van der Waals surface area contributed by atoms with Crippen LogP contribution in [-0.4, -0.2) is 16.9 Å². The third kappa shape index (κ3) is 4.05. The second-order valence-electron chi connectivity index (χ2n) is 5.56. The first-order valence-electron chi connectivity index (χ1n) is 7.27. The Bertz CT molecular complexity index is 615. The summed E-state index contributed by atoms with van der Waals surface area (Å²) in [5.74, 6) is 0.929. The van der Waals surface area contributed by atoms with Crippen LogP contribution in [0.4, 0.5) is 11.5 Å². The van der Waals surface area contributed by atoms with Gasteiger partial charge in [0.05, 0.1) is 6.42 Å². The molecule has 4 heteroatoms. The van der Waals surface area contributed by atoms with Gasteiger partial charge in [0.25, 0.3) is 0 Å². The van der Waals surface area contributed by atoms with Crippen molar-refractivity contribution in [1.82, 2.24) is 10.3 Å². The van der Waals surface area contributed by atoms with Crippen molar-refractivity contribution < 1.29 is 4.79 Å². The first kappa shape index (κ1) is 13.6. The van der Waals surface area contributed by atoms with Crippen LogP contribution in [0.5, 0.6) is 0 Å². The molecule has 0 spiro atoms. The van der Waals surface area contributed by atoms with Crippen molar-refractivity contribution in [3.05, 3.63) is 53.7 Å². The summed E-state index contributed by atoms with van der Waals surface area (Å²) in [6.07, 6.45) is 4.52. The van der Waals surface area contributed by atoms with Crippen LogP contribution in [0.25, 0.3) is 0 Å². The van der Waals surface area contributed by atoms with E-state index in [9.17, 15) is 4.79 Å². The van der Waals surface area contributed by atoms with E-state index >= 15 is 0 Å². The Hall–Kier alpha value is -2.36. The highest BCUT2D eigenvalue weighted by molar-refractivity contribution is 5.79. The fraction of sp³-hybridized carbons (Fsp3) is 0.294. The Morgan fingerprint density at radius 3 is 2.57 bits per heavy atom. The molecule has 108 valence electrons. The molecule has 1 aromatic carbocycles. The fourth-order valence-electron chi connectivity index (χ4n) is 2.09. The molecule has 21 heavy (non-hydrogen) atoms. The largest absolute Gasteiger partial charge is 0.353 e. The van der Waals surface area contributed by atoms with Crippen LogP contribution in [0.1, 0.15) is 24.0 Å². The van der Waals surface area contributed by atoms with Crippen molar-refractivity contribution in [3.63, 3.8) is 0 Å². The Balaban J connectivity index is 1.58. The van der Waals surface area contributed by atoms with E-state index in [1.54, 1.807) is 0 Å². The van der Waals surface area contributed by atoms with Gasteiger partial charge >= 0.3 is 0 Å². The van der Waals surface area contributed by atoms with E-state index in [1.807, 2.05) is 49.5 Å². The molecular formula is C17H19N3O. The number of carbonyl (C=O) groups is 1. The average molecular weight is 281 g/mol. The SMILES string of the molecule is Cc1ccc(Nc2ccc(CC(=O)NC3CC3)cc2)nc1. The number of pyridine rings is 1. The lowest BCUT2D eigenvalue weighted by Crippen LogP contribution is -2.26. The van der Waals surface area contributed by atoms with Gasteiger partial charge in [-0.3, -0.25) is 4.79 Å². The number of aryl methyl sites for hydroxylation is 1. The number of aromatic nitrogens is 1. The molecule has 0 aliphatic heterocycles. The topological polar surface area (TPSA) is 54.0 Å². The van der Waals surface area contributed by atoms with Crippen LogP contribution in [0.15, 0.2) is 42.6 Å². The lowest BCUT2D eigenvalue weighted by Gasteiger charge is -2.07. The maximum Gasteiger partial charge on any atom is 0.224 e. The van der Waals surface area contributed by atoms with Crippen LogP contribution in [0.3, 0.4) is 0 Å². The molecule has 4 nitrogen and oxygen atoms in total. The van der Waals surface area contributed by atoms with Crippen molar-refractivity contribution in [2.75, 3.05) is 5.32 Å². The summed E-state index contributed by atoms with van der Waals surface area (Å²) in [6, 6.07) is 12.3. The molecule has 1 aromatic heterocycles. The predicted octanol–water partition coefficient (Wildman–Crippen LogP) is 2.95. The molecule has 0 bridgehead atoms. The number of carbonyl (C=O) groups excluding carboxylic acids is 1. The highest BCUT2D eigenvalue weighted by Crippen LogP contribution is 2.19. The van der Waals surface area contributed by atoms with Crippen LogP contribution in [0.2, 0.25) is 0 Å². The van der Waals surface area contributed by atoms with Gasteiger partial charge in [-0.15, -0.1) is 0 Å². The molecule has 1 amide bonds. The quantitative estimate of drug-likeness (QED) is 0.886. The zero-order valence-corrected chi connectivity index (χ0v) is 12.1. The minimum atomic E-state index is 0.110. The summed E-state index contributed by atoms with van der Waals surface area (Å²) >= 11 is 0. The molecule has 0 saturated heterocycles. The number of nitrogens with one attached hydrogen (secondary N) is 2. The van der Waals surface area contributed by atoms with Crippen molar-refractivity contribution in [2.45, 2.75) is 32.2 Å². The molecule has 1 heterocycles. The zero-order chi connectivity index (χ0) is 14.7. The number of rotatable bonds is 5. The maximum absolute atomic E-state index is 11.7. The minimum Gasteiger partial charge on any atom is -0.353 e. The Labute approximate surface area is 124 Å². The van der Waals surface area contributed by atoms with Crippen LogP contribution in [0, 0.1) is 6.92 Å². The van der Waals surface area contributed by atoms with E-state index in [0.29, 0.717) is 12.5 Å². The third-order valence-corrected chi connectivity index (χ3v) is 3.44. The summed E-state index contributed by atoms with van der Waals surface area (Å²) in [5, 5.41) is 6.24. The Morgan fingerprint density at radius 2 is 1.95 bits per heavy atom. The van der Waals surface area contributed by atoms with Gasteiger partial charge in [0, 0.05) is 17.9 Å². The number of anilines is 2. The van der Waals surface area contributed by atoms with Gasteiger partial charge in [0.1, 0.15) is 5.82 Å². The normalized spacial score (nSPS) is 13.8. The molecule has 3 rings (SSSR count). The second-order valence-corrected chi connectivity index (χ2v) is 5.56. The van der Waals surface area contributed by atoms with E-state index < -0.39 is 0 Å². The van der Waals surface area contributed by atoms with E-state index in [2.05, 4.69) is 15.6 Å². The van der Waals surface area contributed by atoms with Crippen LogP contribution < -0.4 is 10.6 Å². The van der Waals surface area contributed by atoms with Crippen molar-refractivity contribution in [2.24, 2.45) is 0 Å². The first-order valence-corrected chi connectivity index (χ1v) is 7.27. The van der Waals surface area contributed by atoms with Gasteiger partial charge in [0.2, 0.25) is 5.91 Å². The third-order valence-electron chi connectivity index (χ3n) is 3.44. The minimum absolute atomic E-state index is 0.110. The summed E-state index contributed by atoms with van der Waals surface area (Å²) in [7, 11) is 0. The molecule has 2 aromatic rings. The molecule has 1 aliphatic carbocycles. The summed E-state index contributed by atoms with van der Waals surface area (Å²) in [5.41, 5.74) is 3.13. The fourth-order valence-corrected chi connectivity index (χ4v) is 2.09. The second kappa shape index (κ2) is 5.95. The molecule has 1 fully saturated rings. The van der Waals surface area contributed by atoms with Gasteiger partial charge in [-0.1, -0.05) is 18.2 Å². The summed E-state index contributed by atoms with van der Waals surface area (Å²) in [4.78, 5) is 16.0. The molecule has 0 radical (unpaired) electrons. The van der Waals surface area contributed by atoms with E-state index in [4.69, 9.17) is 0 Å². The van der Waals surface area contributed by atoms with E-state index in [1.165, 1.54) is 0 Å². The zero-order valence-electron chi connectivity index (χ0n) is 12.1.